The highest BCUT2D eigenvalue weighted by molar-refractivity contribution is 8.16. The van der Waals surface area contributed by atoms with Crippen molar-refractivity contribution in [2.75, 3.05) is 0 Å². The van der Waals surface area contributed by atoms with E-state index in [1.807, 2.05) is 0 Å². The van der Waals surface area contributed by atoms with Crippen molar-refractivity contribution < 1.29 is 14.3 Å². The van der Waals surface area contributed by atoms with Gasteiger partial charge in [0.1, 0.15) is 10.4 Å². The van der Waals surface area contributed by atoms with Crippen molar-refractivity contribution in [2.45, 2.75) is 80.9 Å². The van der Waals surface area contributed by atoms with Crippen LogP contribution in [-0.4, -0.2) is 37.7 Å². The molecule has 5 rings (SSSR count). The summed E-state index contributed by atoms with van der Waals surface area (Å²) >= 11 is 1.29. The lowest BCUT2D eigenvalue weighted by Gasteiger charge is -2.57. The van der Waals surface area contributed by atoms with Gasteiger partial charge < -0.3 is 10.4 Å². The Kier molecular flexibility index (Phi) is 3.11. The Morgan fingerprint density at radius 2 is 1.91 bits per heavy atom. The second-order valence-electron chi connectivity index (χ2n) is 8.90. The fourth-order valence-corrected chi connectivity index (χ4v) is 6.55. The molecule has 0 aromatic carbocycles. The molecular formula is C17H25FN2O2S. The fraction of sp³-hybridized carbons (Fsp3) is 0.882. The van der Waals surface area contributed by atoms with Crippen LogP contribution in [0.2, 0.25) is 0 Å². The molecule has 4 bridgehead atoms. The molecule has 1 aliphatic heterocycles. The minimum absolute atomic E-state index is 0.214. The van der Waals surface area contributed by atoms with E-state index < -0.39 is 16.0 Å². The number of nitrogens with zero attached hydrogens (tertiary/aromatic N) is 1. The zero-order valence-electron chi connectivity index (χ0n) is 14.0. The van der Waals surface area contributed by atoms with Gasteiger partial charge in [0.25, 0.3) is 0 Å². The van der Waals surface area contributed by atoms with Crippen LogP contribution in [0, 0.1) is 11.8 Å². The van der Waals surface area contributed by atoms with Crippen LogP contribution in [0.4, 0.5) is 4.39 Å². The molecule has 2 N–H and O–H groups in total. The fourth-order valence-electron chi connectivity index (χ4n) is 5.38. The Morgan fingerprint density at radius 1 is 1.30 bits per heavy atom. The molecule has 0 aromatic heterocycles. The minimum atomic E-state index is -1.15. The number of nitrogens with one attached hydrogen (secondary N) is 1. The molecule has 23 heavy (non-hydrogen) atoms. The van der Waals surface area contributed by atoms with Crippen molar-refractivity contribution in [1.82, 2.24) is 5.32 Å². The molecule has 6 heteroatoms. The predicted molar refractivity (Wildman–Crippen MR) is 89.1 cm³/mol. The maximum absolute atomic E-state index is 15.0. The number of thioether (sulfide) groups is 1. The van der Waals surface area contributed by atoms with Crippen LogP contribution in [0.3, 0.4) is 0 Å². The first-order chi connectivity index (χ1) is 10.5. The Hall–Kier alpha value is -0.620. The predicted octanol–water partition coefficient (Wildman–Crippen LogP) is 2.80. The number of carbonyl (C=O) groups excluding carboxylic acids is 1. The van der Waals surface area contributed by atoms with Crippen molar-refractivity contribution in [3.63, 3.8) is 0 Å². The average Bonchev–Trinajstić information content (AvgIpc) is 2.60. The highest BCUT2D eigenvalue weighted by Crippen LogP contribution is 2.60. The molecule has 3 atom stereocenters. The summed E-state index contributed by atoms with van der Waals surface area (Å²) in [6.07, 6.45) is 4.89. The number of rotatable bonds is 2. The molecule has 1 saturated heterocycles. The van der Waals surface area contributed by atoms with Crippen LogP contribution in [0.1, 0.15) is 59.3 Å². The van der Waals surface area contributed by atoms with Crippen LogP contribution >= 0.6 is 11.8 Å². The van der Waals surface area contributed by atoms with Gasteiger partial charge in [-0.05, 0) is 64.7 Å². The van der Waals surface area contributed by atoms with E-state index in [1.165, 1.54) is 11.8 Å². The Bertz CT molecular complexity index is 586. The number of amides is 1. The smallest absolute Gasteiger partial charge is 0.245 e. The maximum atomic E-state index is 15.0. The molecule has 128 valence electrons. The summed E-state index contributed by atoms with van der Waals surface area (Å²) in [6, 6.07) is 0. The summed E-state index contributed by atoms with van der Waals surface area (Å²) in [5.74, 6) is 0.662. The first kappa shape index (κ1) is 15.9. The lowest BCUT2D eigenvalue weighted by atomic mass is 9.52. The third-order valence-electron chi connectivity index (χ3n) is 6.42. The van der Waals surface area contributed by atoms with E-state index in [1.54, 1.807) is 20.8 Å². The van der Waals surface area contributed by atoms with Crippen LogP contribution in [-0.2, 0) is 4.79 Å². The molecule has 0 radical (unpaired) electrons. The minimum Gasteiger partial charge on any atom is -0.388 e. The maximum Gasteiger partial charge on any atom is 0.245 e. The number of hydrogen-bond acceptors (Lipinski definition) is 4. The van der Waals surface area contributed by atoms with Crippen molar-refractivity contribution in [2.24, 2.45) is 16.8 Å². The summed E-state index contributed by atoms with van der Waals surface area (Å²) < 4.78 is 14.1. The third-order valence-corrected chi connectivity index (χ3v) is 7.90. The van der Waals surface area contributed by atoms with Crippen LogP contribution in [0.15, 0.2) is 4.99 Å². The van der Waals surface area contributed by atoms with Gasteiger partial charge in [-0.15, -0.1) is 0 Å². The molecule has 4 saturated carbocycles. The van der Waals surface area contributed by atoms with Gasteiger partial charge in [0.2, 0.25) is 5.91 Å². The van der Waals surface area contributed by atoms with E-state index in [9.17, 15) is 9.90 Å². The van der Waals surface area contributed by atoms with Crippen LogP contribution in [0.25, 0.3) is 0 Å². The third kappa shape index (κ3) is 2.36. The Labute approximate surface area is 140 Å². The summed E-state index contributed by atoms with van der Waals surface area (Å²) in [4.78, 5) is 17.2. The first-order valence-electron chi connectivity index (χ1n) is 8.54. The molecular weight excluding hydrogens is 315 g/mol. The van der Waals surface area contributed by atoms with Gasteiger partial charge in [0, 0.05) is 6.42 Å². The average molecular weight is 340 g/mol. The number of hydrogen-bond donors (Lipinski definition) is 2. The standard InChI is InChI=1S/C17H25FN2O2S/c1-14(2,22)15(3)12(21)19-13(23-15)20-17-7-10-4-11(8-17)6-16(18,5-10)9-17/h10-11,22H,4-9H2,1-3H3,(H,19,20,21). The van der Waals surface area contributed by atoms with E-state index in [-0.39, 0.29) is 11.4 Å². The van der Waals surface area contributed by atoms with Gasteiger partial charge in [0.15, 0.2) is 5.17 Å². The van der Waals surface area contributed by atoms with E-state index in [2.05, 4.69) is 5.32 Å². The topological polar surface area (TPSA) is 61.7 Å². The van der Waals surface area contributed by atoms with Gasteiger partial charge in [-0.3, -0.25) is 9.79 Å². The normalized spacial score (nSPS) is 50.7. The van der Waals surface area contributed by atoms with Gasteiger partial charge >= 0.3 is 0 Å². The Morgan fingerprint density at radius 3 is 2.39 bits per heavy atom. The van der Waals surface area contributed by atoms with Crippen LogP contribution in [0.5, 0.6) is 0 Å². The summed E-state index contributed by atoms with van der Waals surface area (Å²) in [7, 11) is 0. The summed E-state index contributed by atoms with van der Waals surface area (Å²) in [5.41, 5.74) is -2.55. The molecule has 0 spiro atoms. The first-order valence-corrected chi connectivity index (χ1v) is 9.36. The monoisotopic (exact) mass is 340 g/mol. The van der Waals surface area contributed by atoms with Gasteiger partial charge in [-0.25, -0.2) is 4.39 Å². The quantitative estimate of drug-likeness (QED) is 0.812. The number of carbonyl (C=O) groups is 1. The lowest BCUT2D eigenvalue weighted by Crippen LogP contribution is -2.56. The molecule has 4 nitrogen and oxygen atoms in total. The van der Waals surface area contributed by atoms with Crippen molar-refractivity contribution >= 4 is 22.8 Å². The largest absolute Gasteiger partial charge is 0.388 e. The summed E-state index contributed by atoms with van der Waals surface area (Å²) in [6.45, 7) is 5.03. The van der Waals surface area contributed by atoms with Gasteiger partial charge in [0.05, 0.1) is 11.1 Å². The zero-order chi connectivity index (χ0) is 16.7. The Balaban J connectivity index is 1.63. The molecule has 5 fully saturated rings. The van der Waals surface area contributed by atoms with Crippen molar-refractivity contribution in [3.05, 3.63) is 0 Å². The number of amidine groups is 1. The second-order valence-corrected chi connectivity index (χ2v) is 10.3. The second kappa shape index (κ2) is 4.51. The van der Waals surface area contributed by atoms with E-state index in [0.717, 1.165) is 19.3 Å². The number of halogens is 1. The highest BCUT2D eigenvalue weighted by atomic mass is 32.2. The summed E-state index contributed by atoms with van der Waals surface area (Å²) in [5, 5.41) is 13.7. The van der Waals surface area contributed by atoms with Crippen LogP contribution < -0.4 is 5.32 Å². The number of alkyl halides is 1. The molecule has 3 unspecified atom stereocenters. The molecule has 1 heterocycles. The van der Waals surface area contributed by atoms with E-state index in [4.69, 9.17) is 4.99 Å². The molecule has 1 amide bonds. The molecule has 4 aliphatic carbocycles. The number of aliphatic hydroxyl groups is 1. The SMILES string of the molecule is CC(C)(O)C1(C)SC(=NC23CC4CC(CC(F)(C4)C2)C3)NC1=O. The van der Waals surface area contributed by atoms with Crippen molar-refractivity contribution in [1.29, 1.82) is 0 Å². The number of aliphatic imine (C=N–C) groups is 1. The van der Waals surface area contributed by atoms with Crippen molar-refractivity contribution in [3.8, 4) is 0 Å². The van der Waals surface area contributed by atoms with Gasteiger partial charge in [-0.2, -0.15) is 0 Å². The zero-order valence-corrected chi connectivity index (χ0v) is 14.8. The lowest BCUT2D eigenvalue weighted by molar-refractivity contribution is -0.126. The molecule has 5 aliphatic rings. The highest BCUT2D eigenvalue weighted by Gasteiger charge is 2.59. The van der Waals surface area contributed by atoms with E-state index >= 15 is 4.39 Å². The molecule has 0 aromatic rings. The van der Waals surface area contributed by atoms with E-state index in [0.29, 0.717) is 36.3 Å². The van der Waals surface area contributed by atoms with Gasteiger partial charge in [-0.1, -0.05) is 11.8 Å².